The van der Waals surface area contributed by atoms with Crippen LogP contribution in [0.4, 0.5) is 0 Å². The van der Waals surface area contributed by atoms with Crippen molar-refractivity contribution in [3.63, 3.8) is 0 Å². The zero-order valence-corrected chi connectivity index (χ0v) is 10.5. The average molecular weight is 226 g/mol. The summed E-state index contributed by atoms with van der Waals surface area (Å²) in [5, 5.41) is 0. The number of imidazole rings is 1. The molecule has 0 bridgehead atoms. The van der Waals surface area contributed by atoms with E-state index in [1.807, 2.05) is 12.4 Å². The lowest BCUT2D eigenvalue weighted by Crippen LogP contribution is -2.27. The summed E-state index contributed by atoms with van der Waals surface area (Å²) >= 11 is 0. The molecule has 1 aromatic heterocycles. The quantitative estimate of drug-likeness (QED) is 0.837. The maximum atomic E-state index is 4.49. The van der Waals surface area contributed by atoms with Crippen LogP contribution in [0.25, 0.3) is 0 Å². The van der Waals surface area contributed by atoms with Gasteiger partial charge in [0.15, 0.2) is 0 Å². The number of aromatic amines is 1. The van der Waals surface area contributed by atoms with Crippen molar-refractivity contribution in [2.45, 2.75) is 38.5 Å². The average Bonchev–Trinajstić information content (AvgIpc) is 2.95. The van der Waals surface area contributed by atoms with Crippen molar-refractivity contribution in [2.75, 3.05) is 0 Å². The lowest BCUT2D eigenvalue weighted by molar-refractivity contribution is 0.411. The molecule has 0 fully saturated rings. The topological polar surface area (TPSA) is 28.7 Å². The molecule has 0 saturated heterocycles. The largest absolute Gasteiger partial charge is 0.348 e. The molecule has 0 spiro atoms. The molecule has 0 aliphatic heterocycles. The van der Waals surface area contributed by atoms with E-state index in [0.717, 1.165) is 25.1 Å². The van der Waals surface area contributed by atoms with E-state index in [2.05, 4.69) is 42.0 Å². The highest BCUT2D eigenvalue weighted by atomic mass is 14.9. The van der Waals surface area contributed by atoms with Crippen LogP contribution in [0.15, 0.2) is 30.6 Å². The van der Waals surface area contributed by atoms with Crippen LogP contribution in [-0.4, -0.2) is 9.97 Å². The number of H-pyrrole nitrogens is 1. The zero-order valence-electron chi connectivity index (χ0n) is 10.5. The number of fused-ring (bicyclic) bond motifs is 1. The van der Waals surface area contributed by atoms with E-state index in [9.17, 15) is 0 Å². The fraction of sp³-hybridized carbons (Fsp3) is 0.400. The molecular formula is C15H18N2. The Labute approximate surface area is 102 Å². The second kappa shape index (κ2) is 3.73. The summed E-state index contributed by atoms with van der Waals surface area (Å²) in [6.45, 7) is 4.43. The minimum atomic E-state index is 0.194. The summed E-state index contributed by atoms with van der Waals surface area (Å²) in [6.07, 6.45) is 7.16. The lowest BCUT2D eigenvalue weighted by atomic mass is 9.81. The third-order valence-corrected chi connectivity index (χ3v) is 4.10. The van der Waals surface area contributed by atoms with Gasteiger partial charge in [-0.1, -0.05) is 30.7 Å². The highest BCUT2D eigenvalue weighted by Gasteiger charge is 2.39. The number of nitrogens with zero attached hydrogens (tertiary/aromatic N) is 1. The number of hydrogen-bond acceptors (Lipinski definition) is 1. The van der Waals surface area contributed by atoms with Gasteiger partial charge in [0, 0.05) is 17.8 Å². The first kappa shape index (κ1) is 10.6. The second-order valence-corrected chi connectivity index (χ2v) is 5.20. The normalized spacial score (nSPS) is 22.7. The molecule has 1 heterocycles. The van der Waals surface area contributed by atoms with Gasteiger partial charge in [0.25, 0.3) is 0 Å². The van der Waals surface area contributed by atoms with Gasteiger partial charge in [-0.2, -0.15) is 0 Å². The number of aryl methyl sites for hydroxylation is 1. The second-order valence-electron chi connectivity index (χ2n) is 5.20. The Balaban J connectivity index is 2.03. The summed E-state index contributed by atoms with van der Waals surface area (Å²) in [6, 6.07) is 6.83. The summed E-state index contributed by atoms with van der Waals surface area (Å²) in [5.41, 5.74) is 4.55. The van der Waals surface area contributed by atoms with E-state index in [1.54, 1.807) is 0 Å². The number of aromatic nitrogens is 2. The van der Waals surface area contributed by atoms with Crippen molar-refractivity contribution in [1.29, 1.82) is 0 Å². The Morgan fingerprint density at radius 3 is 2.82 bits per heavy atom. The SMILES string of the molecule is CC[C@]1(c2ncc[nH]2)Cc2ccc(C)cc2C1. The molecule has 3 rings (SSSR count). The molecule has 1 aliphatic carbocycles. The molecule has 1 aliphatic rings. The van der Waals surface area contributed by atoms with E-state index in [1.165, 1.54) is 16.7 Å². The van der Waals surface area contributed by atoms with Crippen molar-refractivity contribution in [1.82, 2.24) is 9.97 Å². The van der Waals surface area contributed by atoms with E-state index in [0.29, 0.717) is 0 Å². The van der Waals surface area contributed by atoms with Gasteiger partial charge in [-0.05, 0) is 37.3 Å². The third kappa shape index (κ3) is 1.59. The molecule has 1 atom stereocenters. The Bertz CT molecular complexity index is 528. The third-order valence-electron chi connectivity index (χ3n) is 4.10. The smallest absolute Gasteiger partial charge is 0.112 e. The lowest BCUT2D eigenvalue weighted by Gasteiger charge is -2.24. The van der Waals surface area contributed by atoms with Crippen LogP contribution in [-0.2, 0) is 18.3 Å². The van der Waals surface area contributed by atoms with Crippen LogP contribution in [0.2, 0.25) is 0 Å². The van der Waals surface area contributed by atoms with Crippen LogP contribution >= 0.6 is 0 Å². The number of nitrogens with one attached hydrogen (secondary N) is 1. The highest BCUT2D eigenvalue weighted by Crippen LogP contribution is 2.40. The van der Waals surface area contributed by atoms with Gasteiger partial charge in [-0.3, -0.25) is 0 Å². The number of rotatable bonds is 2. The van der Waals surface area contributed by atoms with Gasteiger partial charge in [-0.25, -0.2) is 4.98 Å². The fourth-order valence-electron chi connectivity index (χ4n) is 3.02. The summed E-state index contributed by atoms with van der Waals surface area (Å²) in [5.74, 6) is 1.15. The molecule has 0 radical (unpaired) electrons. The summed E-state index contributed by atoms with van der Waals surface area (Å²) in [4.78, 5) is 7.80. The molecule has 0 saturated carbocycles. The van der Waals surface area contributed by atoms with Crippen molar-refractivity contribution in [3.8, 4) is 0 Å². The highest BCUT2D eigenvalue weighted by molar-refractivity contribution is 5.41. The Morgan fingerprint density at radius 2 is 2.12 bits per heavy atom. The fourth-order valence-corrected chi connectivity index (χ4v) is 3.02. The molecule has 2 nitrogen and oxygen atoms in total. The first-order chi connectivity index (χ1) is 8.23. The zero-order chi connectivity index (χ0) is 11.9. The molecule has 1 aromatic carbocycles. The number of benzene rings is 1. The van der Waals surface area contributed by atoms with Gasteiger partial charge < -0.3 is 4.98 Å². The summed E-state index contributed by atoms with van der Waals surface area (Å²) < 4.78 is 0. The number of hydrogen-bond donors (Lipinski definition) is 1. The first-order valence-electron chi connectivity index (χ1n) is 6.32. The van der Waals surface area contributed by atoms with Crippen LogP contribution in [0.5, 0.6) is 0 Å². The Kier molecular flexibility index (Phi) is 2.32. The van der Waals surface area contributed by atoms with Gasteiger partial charge in [0.2, 0.25) is 0 Å². The minimum absolute atomic E-state index is 0.194. The predicted octanol–water partition coefficient (Wildman–Crippen LogP) is 3.16. The molecule has 17 heavy (non-hydrogen) atoms. The predicted molar refractivity (Wildman–Crippen MR) is 69.1 cm³/mol. The van der Waals surface area contributed by atoms with Crippen LogP contribution in [0.1, 0.15) is 35.9 Å². The van der Waals surface area contributed by atoms with Gasteiger partial charge in [-0.15, -0.1) is 0 Å². The van der Waals surface area contributed by atoms with Crippen molar-refractivity contribution >= 4 is 0 Å². The Hall–Kier alpha value is -1.57. The van der Waals surface area contributed by atoms with Crippen molar-refractivity contribution in [3.05, 3.63) is 53.1 Å². The van der Waals surface area contributed by atoms with Crippen LogP contribution < -0.4 is 0 Å². The van der Waals surface area contributed by atoms with Crippen molar-refractivity contribution < 1.29 is 0 Å². The monoisotopic (exact) mass is 226 g/mol. The molecule has 2 aromatic rings. The van der Waals surface area contributed by atoms with Crippen LogP contribution in [0, 0.1) is 6.92 Å². The molecule has 2 heteroatoms. The van der Waals surface area contributed by atoms with E-state index < -0.39 is 0 Å². The van der Waals surface area contributed by atoms with E-state index in [4.69, 9.17) is 0 Å². The molecular weight excluding hydrogens is 208 g/mol. The van der Waals surface area contributed by atoms with Gasteiger partial charge in [0.1, 0.15) is 5.82 Å². The maximum Gasteiger partial charge on any atom is 0.112 e. The maximum absolute atomic E-state index is 4.49. The first-order valence-corrected chi connectivity index (χ1v) is 6.32. The van der Waals surface area contributed by atoms with Crippen LogP contribution in [0.3, 0.4) is 0 Å². The summed E-state index contributed by atoms with van der Waals surface area (Å²) in [7, 11) is 0. The van der Waals surface area contributed by atoms with Gasteiger partial charge >= 0.3 is 0 Å². The molecule has 88 valence electrons. The molecule has 0 amide bonds. The van der Waals surface area contributed by atoms with E-state index in [-0.39, 0.29) is 5.41 Å². The molecule has 0 unspecified atom stereocenters. The minimum Gasteiger partial charge on any atom is -0.348 e. The standard InChI is InChI=1S/C15H18N2/c1-3-15(14-16-6-7-17-14)9-12-5-4-11(2)8-13(12)10-15/h4-8H,3,9-10H2,1-2H3,(H,16,17)/t15-/m0/s1. The van der Waals surface area contributed by atoms with Crippen molar-refractivity contribution in [2.24, 2.45) is 0 Å². The van der Waals surface area contributed by atoms with Gasteiger partial charge in [0.05, 0.1) is 0 Å². The van der Waals surface area contributed by atoms with E-state index >= 15 is 0 Å². The Morgan fingerprint density at radius 1 is 1.29 bits per heavy atom. The molecule has 1 N–H and O–H groups in total.